The molecule has 0 aliphatic rings. The van der Waals surface area contributed by atoms with Crippen LogP contribution in [-0.2, 0) is 4.79 Å². The van der Waals surface area contributed by atoms with Crippen molar-refractivity contribution < 1.29 is 14.3 Å². The number of hydrogen-bond donors (Lipinski definition) is 2. The zero-order valence-electron chi connectivity index (χ0n) is 16.8. The molecule has 0 aliphatic carbocycles. The Morgan fingerprint density at radius 1 is 1.07 bits per heavy atom. The van der Waals surface area contributed by atoms with Gasteiger partial charge in [0.1, 0.15) is 0 Å². The van der Waals surface area contributed by atoms with E-state index in [4.69, 9.17) is 14.7 Å². The zero-order valence-corrected chi connectivity index (χ0v) is 16.8. The van der Waals surface area contributed by atoms with Crippen LogP contribution in [0.5, 0.6) is 11.5 Å². The van der Waals surface area contributed by atoms with Gasteiger partial charge in [-0.1, -0.05) is 12.1 Å². The maximum Gasteiger partial charge on any atom is 0.241 e. The van der Waals surface area contributed by atoms with E-state index in [1.54, 1.807) is 31.2 Å². The number of nitriles is 1. The number of nitrogens with zero attached hydrogens (tertiary/aromatic N) is 1. The summed E-state index contributed by atoms with van der Waals surface area (Å²) < 4.78 is 11.3. The first-order chi connectivity index (χ1) is 13.5. The third-order valence-electron chi connectivity index (χ3n) is 4.22. The number of rotatable bonds is 9. The van der Waals surface area contributed by atoms with Crippen LogP contribution in [0.2, 0.25) is 0 Å². The molecule has 0 saturated heterocycles. The monoisotopic (exact) mass is 381 g/mol. The normalized spacial score (nSPS) is 12.5. The Hall–Kier alpha value is -3.04. The molecule has 6 heteroatoms. The standard InChI is InChI=1S/C22H27N3O3/c1-5-27-20-11-10-18(13-21(20)28-6-2)15(3)24-16(4)22(26)25-19-9-7-8-17(12-19)14-23/h7-13,15-16,24H,5-6H2,1-4H3,(H,25,26)/t15-,16+/m0/s1. The topological polar surface area (TPSA) is 83.4 Å². The summed E-state index contributed by atoms with van der Waals surface area (Å²) in [7, 11) is 0. The average molecular weight is 381 g/mol. The first-order valence-electron chi connectivity index (χ1n) is 9.45. The highest BCUT2D eigenvalue weighted by molar-refractivity contribution is 5.94. The van der Waals surface area contributed by atoms with Gasteiger partial charge in [0.25, 0.3) is 0 Å². The lowest BCUT2D eigenvalue weighted by Crippen LogP contribution is -2.39. The summed E-state index contributed by atoms with van der Waals surface area (Å²) in [4.78, 5) is 12.5. The molecule has 1 amide bonds. The summed E-state index contributed by atoms with van der Waals surface area (Å²) in [6.07, 6.45) is 0. The fraction of sp³-hybridized carbons (Fsp3) is 0.364. The van der Waals surface area contributed by atoms with Gasteiger partial charge in [0, 0.05) is 11.7 Å². The first kappa shape index (κ1) is 21.3. The molecule has 2 rings (SSSR count). The molecule has 0 aliphatic heterocycles. The minimum atomic E-state index is -0.428. The molecular weight excluding hydrogens is 354 g/mol. The Morgan fingerprint density at radius 2 is 1.79 bits per heavy atom. The van der Waals surface area contributed by atoms with E-state index in [2.05, 4.69) is 16.7 Å². The second-order valence-electron chi connectivity index (χ2n) is 6.36. The molecular formula is C22H27N3O3. The number of amides is 1. The highest BCUT2D eigenvalue weighted by atomic mass is 16.5. The molecule has 2 atom stereocenters. The van der Waals surface area contributed by atoms with E-state index < -0.39 is 6.04 Å². The van der Waals surface area contributed by atoms with Crippen LogP contribution in [0.15, 0.2) is 42.5 Å². The summed E-state index contributed by atoms with van der Waals surface area (Å²) in [5.74, 6) is 1.24. The fourth-order valence-corrected chi connectivity index (χ4v) is 2.80. The molecule has 0 heterocycles. The van der Waals surface area contributed by atoms with Crippen LogP contribution in [-0.4, -0.2) is 25.2 Å². The Bertz CT molecular complexity index is 845. The van der Waals surface area contributed by atoms with Crippen molar-refractivity contribution in [2.45, 2.75) is 39.8 Å². The van der Waals surface area contributed by atoms with Gasteiger partial charge in [-0.25, -0.2) is 0 Å². The van der Waals surface area contributed by atoms with Crippen molar-refractivity contribution in [3.8, 4) is 17.6 Å². The first-order valence-corrected chi connectivity index (χ1v) is 9.45. The number of benzene rings is 2. The minimum Gasteiger partial charge on any atom is -0.490 e. The zero-order chi connectivity index (χ0) is 20.5. The summed E-state index contributed by atoms with van der Waals surface area (Å²) in [5.41, 5.74) is 2.10. The Morgan fingerprint density at radius 3 is 2.46 bits per heavy atom. The maximum atomic E-state index is 12.5. The molecule has 0 aromatic heterocycles. The van der Waals surface area contributed by atoms with E-state index in [1.807, 2.05) is 39.0 Å². The van der Waals surface area contributed by atoms with Crippen molar-refractivity contribution in [1.82, 2.24) is 5.32 Å². The molecule has 0 fully saturated rings. The lowest BCUT2D eigenvalue weighted by atomic mass is 10.1. The van der Waals surface area contributed by atoms with Gasteiger partial charge in [-0.15, -0.1) is 0 Å². The summed E-state index contributed by atoms with van der Waals surface area (Å²) in [6, 6.07) is 14.2. The molecule has 2 aromatic carbocycles. The van der Waals surface area contributed by atoms with Crippen molar-refractivity contribution in [2.24, 2.45) is 0 Å². The second kappa shape index (κ2) is 10.3. The Labute approximate surface area is 166 Å². The smallest absolute Gasteiger partial charge is 0.241 e. The van der Waals surface area contributed by atoms with E-state index in [-0.39, 0.29) is 11.9 Å². The maximum absolute atomic E-state index is 12.5. The largest absolute Gasteiger partial charge is 0.490 e. The number of nitrogens with one attached hydrogen (secondary N) is 2. The van der Waals surface area contributed by atoms with Crippen LogP contribution in [0.25, 0.3) is 0 Å². The van der Waals surface area contributed by atoms with E-state index in [1.165, 1.54) is 0 Å². The minimum absolute atomic E-state index is 0.0684. The average Bonchev–Trinajstić information content (AvgIpc) is 2.69. The van der Waals surface area contributed by atoms with Crippen molar-refractivity contribution in [3.63, 3.8) is 0 Å². The van der Waals surface area contributed by atoms with Crippen LogP contribution in [0.1, 0.15) is 44.9 Å². The fourth-order valence-electron chi connectivity index (χ4n) is 2.80. The van der Waals surface area contributed by atoms with Crippen LogP contribution in [0.4, 0.5) is 5.69 Å². The number of anilines is 1. The van der Waals surface area contributed by atoms with Gasteiger partial charge in [-0.05, 0) is 63.6 Å². The predicted molar refractivity (Wildman–Crippen MR) is 110 cm³/mol. The molecule has 2 aromatic rings. The number of hydrogen-bond acceptors (Lipinski definition) is 5. The van der Waals surface area contributed by atoms with E-state index in [9.17, 15) is 4.79 Å². The van der Waals surface area contributed by atoms with Crippen LogP contribution in [0, 0.1) is 11.3 Å². The van der Waals surface area contributed by atoms with Crippen LogP contribution in [0.3, 0.4) is 0 Å². The van der Waals surface area contributed by atoms with E-state index in [0.717, 1.165) is 5.56 Å². The number of ether oxygens (including phenoxy) is 2. The lowest BCUT2D eigenvalue weighted by Gasteiger charge is -2.21. The second-order valence-corrected chi connectivity index (χ2v) is 6.36. The number of carbonyl (C=O) groups is 1. The quantitative estimate of drug-likeness (QED) is 0.685. The van der Waals surface area contributed by atoms with Gasteiger partial charge in [0.15, 0.2) is 11.5 Å². The van der Waals surface area contributed by atoms with Crippen LogP contribution < -0.4 is 20.1 Å². The van der Waals surface area contributed by atoms with Crippen molar-refractivity contribution >= 4 is 11.6 Å². The summed E-state index contributed by atoms with van der Waals surface area (Å²) in [6.45, 7) is 8.77. The number of carbonyl (C=O) groups excluding carboxylic acids is 1. The molecule has 2 N–H and O–H groups in total. The highest BCUT2D eigenvalue weighted by Gasteiger charge is 2.18. The van der Waals surface area contributed by atoms with E-state index in [0.29, 0.717) is 36.0 Å². The Kier molecular flexibility index (Phi) is 7.85. The molecule has 0 unspecified atom stereocenters. The molecule has 0 spiro atoms. The van der Waals surface area contributed by atoms with Gasteiger partial charge in [-0.3, -0.25) is 10.1 Å². The molecule has 148 valence electrons. The Balaban J connectivity index is 2.04. The third kappa shape index (κ3) is 5.73. The van der Waals surface area contributed by atoms with Gasteiger partial charge in [0.05, 0.1) is 30.9 Å². The highest BCUT2D eigenvalue weighted by Crippen LogP contribution is 2.30. The molecule has 6 nitrogen and oxygen atoms in total. The van der Waals surface area contributed by atoms with Gasteiger partial charge >= 0.3 is 0 Å². The summed E-state index contributed by atoms with van der Waals surface area (Å²) >= 11 is 0. The van der Waals surface area contributed by atoms with Gasteiger partial charge < -0.3 is 14.8 Å². The predicted octanol–water partition coefficient (Wildman–Crippen LogP) is 4.03. The van der Waals surface area contributed by atoms with Gasteiger partial charge in [0.2, 0.25) is 5.91 Å². The van der Waals surface area contributed by atoms with Crippen molar-refractivity contribution in [2.75, 3.05) is 18.5 Å². The van der Waals surface area contributed by atoms with Crippen molar-refractivity contribution in [1.29, 1.82) is 5.26 Å². The SMILES string of the molecule is CCOc1ccc([C@H](C)N[C@H](C)C(=O)Nc2cccc(C#N)c2)cc1OCC. The van der Waals surface area contributed by atoms with Crippen LogP contribution >= 0.6 is 0 Å². The molecule has 0 radical (unpaired) electrons. The third-order valence-corrected chi connectivity index (χ3v) is 4.22. The van der Waals surface area contributed by atoms with E-state index >= 15 is 0 Å². The molecule has 28 heavy (non-hydrogen) atoms. The molecule has 0 bridgehead atoms. The summed E-state index contributed by atoms with van der Waals surface area (Å²) in [5, 5.41) is 15.1. The lowest BCUT2D eigenvalue weighted by molar-refractivity contribution is -0.117. The van der Waals surface area contributed by atoms with Gasteiger partial charge in [-0.2, -0.15) is 5.26 Å². The molecule has 0 saturated carbocycles. The van der Waals surface area contributed by atoms with Crippen molar-refractivity contribution in [3.05, 3.63) is 53.6 Å².